The van der Waals surface area contributed by atoms with Crippen molar-refractivity contribution < 1.29 is 0 Å². The van der Waals surface area contributed by atoms with Crippen LogP contribution < -0.4 is 0 Å². The van der Waals surface area contributed by atoms with Gasteiger partial charge in [0, 0.05) is 34.7 Å². The highest BCUT2D eigenvalue weighted by Crippen LogP contribution is 2.22. The quantitative estimate of drug-likeness (QED) is 0.274. The van der Waals surface area contributed by atoms with Gasteiger partial charge in [0.15, 0.2) is 0 Å². The summed E-state index contributed by atoms with van der Waals surface area (Å²) in [5.74, 6) is 1.87. The highest BCUT2D eigenvalue weighted by molar-refractivity contribution is 5.66. The van der Waals surface area contributed by atoms with Gasteiger partial charge in [0.2, 0.25) is 23.3 Å². The molecule has 38 heavy (non-hydrogen) atoms. The number of aryl methyl sites for hydroxylation is 2. The predicted molar refractivity (Wildman–Crippen MR) is 133 cm³/mol. The molecule has 0 aliphatic heterocycles. The lowest BCUT2D eigenvalue weighted by molar-refractivity contribution is 0.416. The van der Waals surface area contributed by atoms with E-state index < -0.39 is 0 Å². The monoisotopic (exact) mass is 506 g/mol. The third kappa shape index (κ3) is 4.55. The molecular formula is C22H18N16. The maximum absolute atomic E-state index is 4.47. The van der Waals surface area contributed by atoms with Crippen molar-refractivity contribution in [2.75, 3.05) is 0 Å². The van der Waals surface area contributed by atoms with Crippen molar-refractivity contribution in [2.24, 2.45) is 0 Å². The molecule has 0 bridgehead atoms. The molecule has 0 amide bonds. The molecule has 16 nitrogen and oxygen atoms in total. The van der Waals surface area contributed by atoms with Gasteiger partial charge in [-0.05, 0) is 33.0 Å². The molecule has 4 heterocycles. The van der Waals surface area contributed by atoms with Crippen LogP contribution in [0.15, 0.2) is 61.7 Å². The molecule has 0 saturated carbocycles. The highest BCUT2D eigenvalue weighted by Gasteiger charge is 2.13. The second-order valence-electron chi connectivity index (χ2n) is 7.81. The van der Waals surface area contributed by atoms with Crippen molar-refractivity contribution >= 4 is 12.4 Å². The van der Waals surface area contributed by atoms with Crippen molar-refractivity contribution in [1.29, 1.82) is 0 Å². The Morgan fingerprint density at radius 2 is 0.895 bits per heavy atom. The summed E-state index contributed by atoms with van der Waals surface area (Å²) in [7, 11) is 0. The molecule has 2 aromatic carbocycles. The SMILES string of the molecule is C=Cn1nnc(-c2cccc(-c3nnn(CCn4nnc(-c5cccc(-c6nnn(C=C)n6)c5)n4)n3)c2)n1. The summed E-state index contributed by atoms with van der Waals surface area (Å²) in [4.78, 5) is 5.55. The molecule has 186 valence electrons. The second kappa shape index (κ2) is 9.69. The zero-order chi connectivity index (χ0) is 25.9. The van der Waals surface area contributed by atoms with Gasteiger partial charge in [0.1, 0.15) is 0 Å². The number of hydrogen-bond acceptors (Lipinski definition) is 12. The summed E-state index contributed by atoms with van der Waals surface area (Å²) in [6.07, 6.45) is 2.93. The van der Waals surface area contributed by atoms with E-state index in [0.29, 0.717) is 36.4 Å². The summed E-state index contributed by atoms with van der Waals surface area (Å²) in [5, 5.41) is 49.8. The normalized spacial score (nSPS) is 11.1. The molecule has 0 N–H and O–H groups in total. The van der Waals surface area contributed by atoms with Crippen LogP contribution in [0.2, 0.25) is 0 Å². The van der Waals surface area contributed by atoms with Crippen molar-refractivity contribution in [1.82, 2.24) is 80.8 Å². The minimum Gasteiger partial charge on any atom is -0.162 e. The van der Waals surface area contributed by atoms with Crippen LogP contribution in [0.5, 0.6) is 0 Å². The van der Waals surface area contributed by atoms with Crippen LogP contribution >= 0.6 is 0 Å². The van der Waals surface area contributed by atoms with Crippen LogP contribution in [0, 0.1) is 0 Å². The Hall–Kier alpha value is -5.80. The van der Waals surface area contributed by atoms with Gasteiger partial charge in [0.05, 0.1) is 13.1 Å². The standard InChI is InChI=1S/C22H18N16/c1-3-35-27-19(23-31-35)15-7-5-9-17(13-15)21-25-33-37(29-21)11-12-38-30-22(26-34-38)18-10-6-8-16(14-18)20-24-32-36(4-2)28-20/h3-10,13-14H,1-2,11-12H2. The third-order valence-electron chi connectivity index (χ3n) is 5.35. The molecule has 0 spiro atoms. The molecular weight excluding hydrogens is 488 g/mol. The van der Waals surface area contributed by atoms with Gasteiger partial charge in [-0.2, -0.15) is 9.59 Å². The number of rotatable bonds is 9. The molecule has 16 heteroatoms. The molecule has 0 radical (unpaired) electrons. The highest BCUT2D eigenvalue weighted by atomic mass is 15.6. The van der Waals surface area contributed by atoms with Crippen molar-refractivity contribution in [3.8, 4) is 45.6 Å². The van der Waals surface area contributed by atoms with E-state index in [9.17, 15) is 0 Å². The van der Waals surface area contributed by atoms with E-state index in [1.165, 1.54) is 31.6 Å². The van der Waals surface area contributed by atoms with E-state index in [4.69, 9.17) is 0 Å². The average molecular weight is 506 g/mol. The fourth-order valence-corrected chi connectivity index (χ4v) is 3.52. The Labute approximate surface area is 213 Å². The minimum atomic E-state index is 0.395. The predicted octanol–water partition coefficient (Wildman–Crippen LogP) is 1.20. The summed E-state index contributed by atoms with van der Waals surface area (Å²) in [6.45, 7) is 8.04. The summed E-state index contributed by atoms with van der Waals surface area (Å²) in [6, 6.07) is 15.0. The van der Waals surface area contributed by atoms with Crippen molar-refractivity contribution in [3.05, 3.63) is 61.7 Å². The number of benzene rings is 2. The maximum atomic E-state index is 4.47. The molecule has 4 aromatic heterocycles. The summed E-state index contributed by atoms with van der Waals surface area (Å²) in [5.41, 5.74) is 3.09. The van der Waals surface area contributed by atoms with Crippen molar-refractivity contribution in [2.45, 2.75) is 13.1 Å². The molecule has 6 aromatic rings. The first-order chi connectivity index (χ1) is 18.7. The zero-order valence-electron chi connectivity index (χ0n) is 19.8. The molecule has 0 aliphatic rings. The smallest absolute Gasteiger partial charge is 0.162 e. The van der Waals surface area contributed by atoms with Gasteiger partial charge in [0.25, 0.3) is 0 Å². The zero-order valence-corrected chi connectivity index (χ0v) is 19.8. The van der Waals surface area contributed by atoms with Crippen LogP contribution in [0.3, 0.4) is 0 Å². The Morgan fingerprint density at radius 3 is 1.26 bits per heavy atom. The van der Waals surface area contributed by atoms with E-state index >= 15 is 0 Å². The molecule has 0 fully saturated rings. The molecule has 0 saturated heterocycles. The van der Waals surface area contributed by atoms with Crippen LogP contribution in [-0.4, -0.2) is 80.8 Å². The topological polar surface area (TPSA) is 174 Å². The van der Waals surface area contributed by atoms with Gasteiger partial charge >= 0.3 is 0 Å². The van der Waals surface area contributed by atoms with Gasteiger partial charge in [-0.3, -0.25) is 0 Å². The fourth-order valence-electron chi connectivity index (χ4n) is 3.52. The van der Waals surface area contributed by atoms with Gasteiger partial charge in [-0.15, -0.1) is 50.4 Å². The Bertz CT molecular complexity index is 1610. The number of tetrazole rings is 4. The first-order valence-electron chi connectivity index (χ1n) is 11.3. The Kier molecular flexibility index (Phi) is 5.77. The maximum Gasteiger partial charge on any atom is 0.205 e. The molecule has 0 unspecified atom stereocenters. The van der Waals surface area contributed by atoms with Gasteiger partial charge < -0.3 is 0 Å². The lowest BCUT2D eigenvalue weighted by Gasteiger charge is -1.99. The lowest BCUT2D eigenvalue weighted by Crippen LogP contribution is -2.12. The van der Waals surface area contributed by atoms with Crippen molar-refractivity contribution in [3.63, 3.8) is 0 Å². The van der Waals surface area contributed by atoms with Gasteiger partial charge in [-0.1, -0.05) is 49.6 Å². The second-order valence-corrected chi connectivity index (χ2v) is 7.81. The lowest BCUT2D eigenvalue weighted by atomic mass is 10.1. The van der Waals surface area contributed by atoms with E-state index in [2.05, 4.69) is 74.8 Å². The van der Waals surface area contributed by atoms with E-state index in [-0.39, 0.29) is 0 Å². The molecule has 0 atom stereocenters. The fraction of sp³-hybridized carbons (Fsp3) is 0.0909. The van der Waals surface area contributed by atoms with Crippen LogP contribution in [-0.2, 0) is 13.1 Å². The first-order valence-corrected chi connectivity index (χ1v) is 11.3. The van der Waals surface area contributed by atoms with Crippen LogP contribution in [0.1, 0.15) is 0 Å². The molecule has 6 rings (SSSR count). The van der Waals surface area contributed by atoms with E-state index in [1.807, 2.05) is 48.5 Å². The Balaban J connectivity index is 1.13. The largest absolute Gasteiger partial charge is 0.205 e. The van der Waals surface area contributed by atoms with E-state index in [1.54, 1.807) is 0 Å². The number of aromatic nitrogens is 16. The molecule has 0 aliphatic carbocycles. The first kappa shape index (κ1) is 22.7. The number of nitrogens with zero attached hydrogens (tertiary/aromatic N) is 16. The average Bonchev–Trinajstić information content (AvgIpc) is 3.79. The third-order valence-corrected chi connectivity index (χ3v) is 5.35. The van der Waals surface area contributed by atoms with Gasteiger partial charge in [-0.25, -0.2) is 0 Å². The van der Waals surface area contributed by atoms with E-state index in [0.717, 1.165) is 22.3 Å². The number of hydrogen-bond donors (Lipinski definition) is 0. The minimum absolute atomic E-state index is 0.395. The Morgan fingerprint density at radius 1 is 0.526 bits per heavy atom. The summed E-state index contributed by atoms with van der Waals surface area (Å²) < 4.78 is 0. The van der Waals surface area contributed by atoms with Crippen LogP contribution in [0.4, 0.5) is 0 Å². The van der Waals surface area contributed by atoms with Crippen LogP contribution in [0.25, 0.3) is 58.0 Å². The summed E-state index contributed by atoms with van der Waals surface area (Å²) >= 11 is 0.